The summed E-state index contributed by atoms with van der Waals surface area (Å²) in [7, 11) is 1.73. The molecule has 0 aliphatic carbocycles. The molecule has 0 saturated heterocycles. The van der Waals surface area contributed by atoms with Crippen molar-refractivity contribution in [3.63, 3.8) is 0 Å². The van der Waals surface area contributed by atoms with Crippen LogP contribution in [0.25, 0.3) is 5.69 Å². The number of hydrogen-bond donors (Lipinski definition) is 2. The predicted octanol–water partition coefficient (Wildman–Crippen LogP) is 1.18. The van der Waals surface area contributed by atoms with Gasteiger partial charge in [-0.25, -0.2) is 9.07 Å². The third-order valence-electron chi connectivity index (χ3n) is 3.07. The number of para-hydroxylation sites is 1. The van der Waals surface area contributed by atoms with Gasteiger partial charge in [0.15, 0.2) is 0 Å². The topological polar surface area (TPSA) is 70.4 Å². The van der Waals surface area contributed by atoms with Crippen LogP contribution in [-0.2, 0) is 4.79 Å². The molecule has 0 saturated carbocycles. The van der Waals surface area contributed by atoms with Crippen molar-refractivity contribution in [3.05, 3.63) is 41.8 Å². The number of benzene rings is 1. The number of nitrogens with one attached hydrogen (secondary N) is 1. The monoisotopic (exact) mass is 306 g/mol. The van der Waals surface area contributed by atoms with Gasteiger partial charge in [0.1, 0.15) is 17.3 Å². The summed E-state index contributed by atoms with van der Waals surface area (Å²) in [5.74, 6) is -0.267. The summed E-state index contributed by atoms with van der Waals surface area (Å²) in [6.45, 7) is 2.28. The van der Waals surface area contributed by atoms with Crippen LogP contribution in [0.5, 0.6) is 0 Å². The molecule has 0 spiro atoms. The largest absolute Gasteiger partial charge is 0.395 e. The number of aliphatic hydroxyl groups is 1. The van der Waals surface area contributed by atoms with Gasteiger partial charge in [-0.2, -0.15) is 5.10 Å². The normalized spacial score (nSPS) is 11.0. The van der Waals surface area contributed by atoms with Crippen molar-refractivity contribution in [3.8, 4) is 5.69 Å². The van der Waals surface area contributed by atoms with E-state index in [2.05, 4.69) is 10.4 Å². The molecular weight excluding hydrogens is 287 g/mol. The number of nitrogens with zero attached hydrogens (tertiary/aromatic N) is 3. The number of aryl methyl sites for hydroxylation is 1. The predicted molar refractivity (Wildman–Crippen MR) is 81.5 cm³/mol. The Morgan fingerprint density at radius 2 is 2.18 bits per heavy atom. The van der Waals surface area contributed by atoms with E-state index in [1.54, 1.807) is 43.1 Å². The van der Waals surface area contributed by atoms with Crippen LogP contribution in [0.1, 0.15) is 5.69 Å². The van der Waals surface area contributed by atoms with E-state index < -0.39 is 5.82 Å². The summed E-state index contributed by atoms with van der Waals surface area (Å²) in [6.07, 6.45) is 0. The van der Waals surface area contributed by atoms with Crippen molar-refractivity contribution in [1.82, 2.24) is 14.7 Å². The Balaban J connectivity index is 2.19. The van der Waals surface area contributed by atoms with E-state index in [9.17, 15) is 9.18 Å². The lowest BCUT2D eigenvalue weighted by Crippen LogP contribution is -2.32. The van der Waals surface area contributed by atoms with Crippen LogP contribution in [0.2, 0.25) is 0 Å². The number of aromatic nitrogens is 2. The number of carbonyl (C=O) groups is 1. The third kappa shape index (κ3) is 3.90. The molecule has 7 heteroatoms. The Morgan fingerprint density at radius 3 is 2.86 bits per heavy atom. The van der Waals surface area contributed by atoms with Gasteiger partial charge in [0, 0.05) is 12.6 Å². The van der Waals surface area contributed by atoms with Gasteiger partial charge in [-0.3, -0.25) is 9.69 Å². The van der Waals surface area contributed by atoms with E-state index in [-0.39, 0.29) is 24.7 Å². The molecule has 2 aromatic rings. The zero-order valence-electron chi connectivity index (χ0n) is 12.6. The summed E-state index contributed by atoms with van der Waals surface area (Å²) < 4.78 is 15.3. The highest BCUT2D eigenvalue weighted by molar-refractivity contribution is 5.91. The Morgan fingerprint density at radius 1 is 1.45 bits per heavy atom. The lowest BCUT2D eigenvalue weighted by atomic mass is 10.3. The fraction of sp³-hybridized carbons (Fsp3) is 0.333. The van der Waals surface area contributed by atoms with Crippen LogP contribution >= 0.6 is 0 Å². The number of amides is 1. The summed E-state index contributed by atoms with van der Waals surface area (Å²) in [6, 6.07) is 7.91. The third-order valence-corrected chi connectivity index (χ3v) is 3.07. The van der Waals surface area contributed by atoms with E-state index in [1.165, 1.54) is 10.7 Å². The number of carbonyl (C=O) groups excluding carboxylic acids is 1. The van der Waals surface area contributed by atoms with Gasteiger partial charge in [0.05, 0.1) is 18.8 Å². The molecule has 2 N–H and O–H groups in total. The smallest absolute Gasteiger partial charge is 0.239 e. The molecule has 0 bridgehead atoms. The Hall–Kier alpha value is -2.25. The molecule has 1 aromatic carbocycles. The van der Waals surface area contributed by atoms with Crippen LogP contribution in [0.3, 0.4) is 0 Å². The van der Waals surface area contributed by atoms with E-state index in [4.69, 9.17) is 5.11 Å². The number of aliphatic hydroxyl groups excluding tert-OH is 1. The minimum Gasteiger partial charge on any atom is -0.395 e. The number of rotatable bonds is 6. The molecule has 0 radical (unpaired) electrons. The highest BCUT2D eigenvalue weighted by atomic mass is 19.1. The number of likely N-dealkylation sites (N-methyl/N-ethyl adjacent to an activating group) is 1. The Bertz CT molecular complexity index is 657. The molecule has 6 nitrogen and oxygen atoms in total. The fourth-order valence-corrected chi connectivity index (χ4v) is 2.07. The van der Waals surface area contributed by atoms with Gasteiger partial charge in [-0.15, -0.1) is 0 Å². The minimum atomic E-state index is -0.418. The quantitative estimate of drug-likeness (QED) is 0.841. The number of hydrogen-bond acceptors (Lipinski definition) is 4. The first kappa shape index (κ1) is 16.1. The summed E-state index contributed by atoms with van der Waals surface area (Å²) in [5.41, 5.74) is 0.942. The second-order valence-electron chi connectivity index (χ2n) is 5.04. The highest BCUT2D eigenvalue weighted by Gasteiger charge is 2.14. The number of anilines is 1. The van der Waals surface area contributed by atoms with Crippen molar-refractivity contribution in [2.24, 2.45) is 0 Å². The van der Waals surface area contributed by atoms with Crippen LogP contribution in [0.4, 0.5) is 10.2 Å². The molecule has 0 fully saturated rings. The van der Waals surface area contributed by atoms with Gasteiger partial charge in [-0.05, 0) is 26.1 Å². The first-order valence-corrected chi connectivity index (χ1v) is 6.92. The zero-order valence-corrected chi connectivity index (χ0v) is 12.6. The van der Waals surface area contributed by atoms with Crippen molar-refractivity contribution in [2.45, 2.75) is 6.92 Å². The van der Waals surface area contributed by atoms with Gasteiger partial charge < -0.3 is 10.4 Å². The van der Waals surface area contributed by atoms with Crippen molar-refractivity contribution in [2.75, 3.05) is 32.1 Å². The Kier molecular flexibility index (Phi) is 5.24. The molecular formula is C15H19FN4O2. The molecule has 22 heavy (non-hydrogen) atoms. The van der Waals surface area contributed by atoms with Gasteiger partial charge >= 0.3 is 0 Å². The minimum absolute atomic E-state index is 0.0178. The van der Waals surface area contributed by atoms with Crippen LogP contribution in [0.15, 0.2) is 30.3 Å². The van der Waals surface area contributed by atoms with Crippen LogP contribution < -0.4 is 5.32 Å². The van der Waals surface area contributed by atoms with Gasteiger partial charge in [0.25, 0.3) is 0 Å². The van der Waals surface area contributed by atoms with E-state index in [0.717, 1.165) is 0 Å². The van der Waals surface area contributed by atoms with Crippen molar-refractivity contribution in [1.29, 1.82) is 0 Å². The second-order valence-corrected chi connectivity index (χ2v) is 5.04. The van der Waals surface area contributed by atoms with Crippen molar-refractivity contribution < 1.29 is 14.3 Å². The maximum atomic E-state index is 13.9. The second kappa shape index (κ2) is 7.15. The lowest BCUT2D eigenvalue weighted by Gasteiger charge is -2.15. The molecule has 0 atom stereocenters. The molecule has 1 amide bonds. The average Bonchev–Trinajstić information content (AvgIpc) is 2.79. The van der Waals surface area contributed by atoms with Crippen LogP contribution in [0, 0.1) is 12.7 Å². The molecule has 1 aromatic heterocycles. The molecule has 0 aliphatic rings. The average molecular weight is 306 g/mol. The first-order valence-electron chi connectivity index (χ1n) is 6.92. The summed E-state index contributed by atoms with van der Waals surface area (Å²) in [4.78, 5) is 13.7. The zero-order chi connectivity index (χ0) is 16.1. The molecule has 1 heterocycles. The molecule has 118 valence electrons. The number of halogens is 1. The van der Waals surface area contributed by atoms with Crippen molar-refractivity contribution >= 4 is 11.7 Å². The molecule has 0 unspecified atom stereocenters. The van der Waals surface area contributed by atoms with E-state index in [1.807, 2.05) is 0 Å². The summed E-state index contributed by atoms with van der Waals surface area (Å²) in [5, 5.41) is 15.8. The summed E-state index contributed by atoms with van der Waals surface area (Å²) >= 11 is 0. The fourth-order valence-electron chi connectivity index (χ4n) is 2.07. The van der Waals surface area contributed by atoms with Gasteiger partial charge in [-0.1, -0.05) is 12.1 Å². The Labute approximate surface area is 128 Å². The standard InChI is InChI=1S/C15H19FN4O2/c1-11-9-14(17-15(22)10-19(2)7-8-21)20(18-11)13-6-4-3-5-12(13)16/h3-6,9,21H,7-8,10H2,1-2H3,(H,17,22). The van der Waals surface area contributed by atoms with Gasteiger partial charge in [0.2, 0.25) is 5.91 Å². The highest BCUT2D eigenvalue weighted by Crippen LogP contribution is 2.19. The molecule has 0 aliphatic heterocycles. The van der Waals surface area contributed by atoms with Crippen LogP contribution in [-0.4, -0.2) is 52.4 Å². The lowest BCUT2D eigenvalue weighted by molar-refractivity contribution is -0.117. The van der Waals surface area contributed by atoms with E-state index >= 15 is 0 Å². The molecule has 2 rings (SSSR count). The van der Waals surface area contributed by atoms with E-state index in [0.29, 0.717) is 18.1 Å². The maximum absolute atomic E-state index is 13.9. The maximum Gasteiger partial charge on any atom is 0.239 e. The SMILES string of the molecule is Cc1cc(NC(=O)CN(C)CCO)n(-c2ccccc2F)n1. The first-order chi connectivity index (χ1) is 10.5.